The number of amides is 1. The molecular weight excluding hydrogens is 400 g/mol. The number of halogens is 1. The molecular formula is C22H23ClN6O. The van der Waals surface area contributed by atoms with Crippen LogP contribution >= 0.6 is 11.6 Å². The Kier molecular flexibility index (Phi) is 5.55. The van der Waals surface area contributed by atoms with Crippen LogP contribution in [0, 0.1) is 20.8 Å². The minimum atomic E-state index is -0.0663. The van der Waals surface area contributed by atoms with Gasteiger partial charge in [0.2, 0.25) is 5.91 Å². The van der Waals surface area contributed by atoms with Crippen molar-refractivity contribution in [1.29, 1.82) is 0 Å². The third-order valence-electron chi connectivity index (χ3n) is 5.12. The summed E-state index contributed by atoms with van der Waals surface area (Å²) in [6.07, 6.45) is 2.62. The van der Waals surface area contributed by atoms with Gasteiger partial charge in [0, 0.05) is 35.0 Å². The van der Waals surface area contributed by atoms with Crippen LogP contribution in [0.2, 0.25) is 5.02 Å². The Morgan fingerprint density at radius 2 is 1.90 bits per heavy atom. The fourth-order valence-corrected chi connectivity index (χ4v) is 3.70. The Morgan fingerprint density at radius 1 is 1.13 bits per heavy atom. The van der Waals surface area contributed by atoms with E-state index in [0.29, 0.717) is 30.2 Å². The quantitative estimate of drug-likeness (QED) is 0.507. The van der Waals surface area contributed by atoms with Gasteiger partial charge in [0.25, 0.3) is 0 Å². The number of hydrogen-bond donors (Lipinski definition) is 1. The molecule has 4 aromatic rings. The predicted octanol–water partition coefficient (Wildman–Crippen LogP) is 4.12. The molecule has 0 bridgehead atoms. The summed E-state index contributed by atoms with van der Waals surface area (Å²) < 4.78 is 3.61. The Hall–Kier alpha value is -3.19. The number of nitrogens with zero attached hydrogens (tertiary/aromatic N) is 5. The maximum absolute atomic E-state index is 12.6. The fourth-order valence-electron chi connectivity index (χ4n) is 3.57. The smallest absolute Gasteiger partial charge is 0.225 e. The van der Waals surface area contributed by atoms with E-state index in [4.69, 9.17) is 11.6 Å². The lowest BCUT2D eigenvalue weighted by Crippen LogP contribution is -2.17. The van der Waals surface area contributed by atoms with Crippen LogP contribution in [0.3, 0.4) is 0 Å². The molecule has 0 radical (unpaired) electrons. The fraction of sp³-hybridized carbons (Fsp3) is 0.273. The first-order valence-electron chi connectivity index (χ1n) is 9.79. The molecule has 8 heteroatoms. The van der Waals surface area contributed by atoms with E-state index in [1.165, 1.54) is 0 Å². The molecule has 0 fully saturated rings. The average Bonchev–Trinajstić information content (AvgIpc) is 3.29. The zero-order valence-corrected chi connectivity index (χ0v) is 17.9. The van der Waals surface area contributed by atoms with Crippen LogP contribution in [0.5, 0.6) is 0 Å². The van der Waals surface area contributed by atoms with Crippen molar-refractivity contribution in [3.05, 3.63) is 75.8 Å². The molecule has 0 aliphatic heterocycles. The number of aryl methyl sites for hydroxylation is 3. The van der Waals surface area contributed by atoms with E-state index in [-0.39, 0.29) is 5.91 Å². The number of nitrogens with one attached hydrogen (secondary N) is 1. The first kappa shape index (κ1) is 20.1. The molecule has 1 amide bonds. The Bertz CT molecular complexity index is 1210. The summed E-state index contributed by atoms with van der Waals surface area (Å²) in [4.78, 5) is 17.2. The molecule has 30 heavy (non-hydrogen) atoms. The first-order chi connectivity index (χ1) is 14.4. The van der Waals surface area contributed by atoms with Gasteiger partial charge >= 0.3 is 0 Å². The highest BCUT2D eigenvalue weighted by molar-refractivity contribution is 6.30. The second-order valence-electron chi connectivity index (χ2n) is 7.37. The van der Waals surface area contributed by atoms with Crippen molar-refractivity contribution < 1.29 is 4.79 Å². The molecule has 0 unspecified atom stereocenters. The molecule has 0 atom stereocenters. The molecule has 7 nitrogen and oxygen atoms in total. The average molecular weight is 423 g/mol. The van der Waals surface area contributed by atoms with E-state index in [1.807, 2.05) is 55.6 Å². The third kappa shape index (κ3) is 4.21. The van der Waals surface area contributed by atoms with Gasteiger partial charge in [0.1, 0.15) is 5.82 Å². The normalized spacial score (nSPS) is 11.2. The Balaban J connectivity index is 1.43. The van der Waals surface area contributed by atoms with Gasteiger partial charge in [0.15, 0.2) is 5.65 Å². The molecule has 3 heterocycles. The van der Waals surface area contributed by atoms with Gasteiger partial charge in [-0.25, -0.2) is 14.2 Å². The van der Waals surface area contributed by atoms with E-state index in [0.717, 1.165) is 33.9 Å². The van der Waals surface area contributed by atoms with Crippen molar-refractivity contribution in [2.45, 2.75) is 40.2 Å². The molecule has 0 aliphatic rings. The number of aromatic nitrogens is 5. The zero-order valence-electron chi connectivity index (χ0n) is 17.2. The van der Waals surface area contributed by atoms with Gasteiger partial charge in [-0.3, -0.25) is 4.79 Å². The van der Waals surface area contributed by atoms with E-state index in [9.17, 15) is 4.79 Å². The minimum Gasteiger partial charge on any atom is -0.311 e. The van der Waals surface area contributed by atoms with Gasteiger partial charge in [0.05, 0.1) is 18.4 Å². The monoisotopic (exact) mass is 422 g/mol. The third-order valence-corrected chi connectivity index (χ3v) is 5.37. The van der Waals surface area contributed by atoms with Crippen molar-refractivity contribution in [3.8, 4) is 0 Å². The van der Waals surface area contributed by atoms with Crippen molar-refractivity contribution in [1.82, 2.24) is 24.4 Å². The maximum atomic E-state index is 12.6. The summed E-state index contributed by atoms with van der Waals surface area (Å²) >= 11 is 5.95. The summed E-state index contributed by atoms with van der Waals surface area (Å²) in [7, 11) is 0. The first-order valence-corrected chi connectivity index (χ1v) is 10.2. The summed E-state index contributed by atoms with van der Waals surface area (Å²) in [5.74, 6) is 0.600. The summed E-state index contributed by atoms with van der Waals surface area (Å²) in [5, 5.41) is 12.5. The number of hydrogen-bond acceptors (Lipinski definition) is 4. The topological polar surface area (TPSA) is 77.1 Å². The number of rotatable bonds is 6. The van der Waals surface area contributed by atoms with Crippen molar-refractivity contribution in [3.63, 3.8) is 0 Å². The number of anilines is 1. The number of benzene rings is 1. The highest BCUT2D eigenvalue weighted by Gasteiger charge is 2.14. The second-order valence-corrected chi connectivity index (χ2v) is 7.80. The minimum absolute atomic E-state index is 0.0663. The van der Waals surface area contributed by atoms with Crippen LogP contribution in [-0.2, 0) is 17.8 Å². The lowest BCUT2D eigenvalue weighted by molar-refractivity contribution is -0.116. The molecule has 1 N–H and O–H groups in total. The van der Waals surface area contributed by atoms with Gasteiger partial charge < -0.3 is 5.32 Å². The van der Waals surface area contributed by atoms with Crippen LogP contribution in [0.4, 0.5) is 5.82 Å². The van der Waals surface area contributed by atoms with Gasteiger partial charge in [-0.15, -0.1) is 0 Å². The molecule has 0 aliphatic carbocycles. The maximum Gasteiger partial charge on any atom is 0.225 e. The lowest BCUT2D eigenvalue weighted by atomic mass is 10.1. The number of carbonyl (C=O) groups excluding carboxylic acids is 1. The standard InChI is InChI=1S/C22H23ClN6O/c1-14-12-21-25-15(2)19(16(3)29(21)27-14)8-9-22(30)26-20-10-11-24-28(20)13-17-4-6-18(23)7-5-17/h4-7,10-12H,8-9,13H2,1-3H3,(H,26,30). The van der Waals surface area contributed by atoms with Gasteiger partial charge in [-0.1, -0.05) is 23.7 Å². The van der Waals surface area contributed by atoms with Crippen LogP contribution in [-0.4, -0.2) is 30.3 Å². The highest BCUT2D eigenvalue weighted by atomic mass is 35.5. The second kappa shape index (κ2) is 8.28. The molecule has 3 aromatic heterocycles. The van der Waals surface area contributed by atoms with Crippen molar-refractivity contribution in [2.75, 3.05) is 5.32 Å². The van der Waals surface area contributed by atoms with Crippen molar-refractivity contribution >= 4 is 29.0 Å². The Morgan fingerprint density at radius 3 is 2.67 bits per heavy atom. The van der Waals surface area contributed by atoms with E-state index < -0.39 is 0 Å². The molecule has 4 rings (SSSR count). The summed E-state index contributed by atoms with van der Waals surface area (Å²) in [5.41, 5.74) is 5.82. The largest absolute Gasteiger partial charge is 0.311 e. The number of fused-ring (bicyclic) bond motifs is 1. The predicted molar refractivity (Wildman–Crippen MR) is 117 cm³/mol. The highest BCUT2D eigenvalue weighted by Crippen LogP contribution is 2.18. The SMILES string of the molecule is Cc1cc2nc(C)c(CCC(=O)Nc3ccnn3Cc3ccc(Cl)cc3)c(C)n2n1. The molecule has 1 aromatic carbocycles. The van der Waals surface area contributed by atoms with Gasteiger partial charge in [-0.2, -0.15) is 10.2 Å². The molecule has 154 valence electrons. The van der Waals surface area contributed by atoms with Crippen molar-refractivity contribution in [2.24, 2.45) is 0 Å². The molecule has 0 spiro atoms. The Labute approximate surface area is 179 Å². The van der Waals surface area contributed by atoms with Crippen LogP contribution in [0.1, 0.15) is 34.6 Å². The van der Waals surface area contributed by atoms with E-state index >= 15 is 0 Å². The van der Waals surface area contributed by atoms with Gasteiger partial charge in [-0.05, 0) is 50.5 Å². The lowest BCUT2D eigenvalue weighted by Gasteiger charge is -2.12. The molecule has 0 saturated carbocycles. The van der Waals surface area contributed by atoms with Crippen LogP contribution in [0.15, 0.2) is 42.6 Å². The van der Waals surface area contributed by atoms with Crippen LogP contribution in [0.25, 0.3) is 5.65 Å². The summed E-state index contributed by atoms with van der Waals surface area (Å²) in [6, 6.07) is 11.3. The van der Waals surface area contributed by atoms with Crippen LogP contribution < -0.4 is 5.32 Å². The molecule has 0 saturated heterocycles. The summed E-state index contributed by atoms with van der Waals surface area (Å²) in [6.45, 7) is 6.49. The van der Waals surface area contributed by atoms with E-state index in [2.05, 4.69) is 20.5 Å². The zero-order chi connectivity index (χ0) is 21.3. The number of carbonyl (C=O) groups is 1. The van der Waals surface area contributed by atoms with E-state index in [1.54, 1.807) is 16.9 Å².